The summed E-state index contributed by atoms with van der Waals surface area (Å²) in [4.78, 5) is 8.21. The Morgan fingerprint density at radius 1 is 1.33 bits per heavy atom. The highest BCUT2D eigenvalue weighted by molar-refractivity contribution is 5.31. The summed E-state index contributed by atoms with van der Waals surface area (Å²) in [6.45, 7) is 2.03. The van der Waals surface area contributed by atoms with Crippen molar-refractivity contribution in [2.45, 2.75) is 6.92 Å². The van der Waals surface area contributed by atoms with E-state index in [1.807, 2.05) is 29.8 Å². The van der Waals surface area contributed by atoms with Crippen molar-refractivity contribution in [3.8, 4) is 5.82 Å². The zero-order valence-electron chi connectivity index (χ0n) is 6.81. The lowest BCUT2D eigenvalue weighted by Gasteiger charge is -2.02. The van der Waals surface area contributed by atoms with Gasteiger partial charge in [0.05, 0.1) is 0 Å². The van der Waals surface area contributed by atoms with Crippen LogP contribution in [0.1, 0.15) is 5.56 Å². The zero-order valence-corrected chi connectivity index (χ0v) is 6.81. The van der Waals surface area contributed by atoms with E-state index in [0.717, 1.165) is 11.4 Å². The molecule has 0 amide bonds. The van der Waals surface area contributed by atoms with Crippen LogP contribution in [0.3, 0.4) is 0 Å². The SMILES string of the molecule is Cc1cccnc1-n1ccnc1. The van der Waals surface area contributed by atoms with Crippen LogP contribution in [0.4, 0.5) is 0 Å². The van der Waals surface area contributed by atoms with Gasteiger partial charge in [-0.2, -0.15) is 0 Å². The Bertz CT molecular complexity index is 365. The number of nitrogens with zero attached hydrogens (tertiary/aromatic N) is 3. The second-order valence-corrected chi connectivity index (χ2v) is 2.61. The minimum absolute atomic E-state index is 0.940. The summed E-state index contributed by atoms with van der Waals surface area (Å²) in [7, 11) is 0. The molecule has 0 aromatic carbocycles. The van der Waals surface area contributed by atoms with Crippen LogP contribution in [0.2, 0.25) is 0 Å². The fourth-order valence-electron chi connectivity index (χ4n) is 1.13. The Morgan fingerprint density at radius 3 is 2.92 bits per heavy atom. The standard InChI is InChI=1S/C9H9N3/c1-8-3-2-4-11-9(8)12-6-5-10-7-12/h2-7H,1H3. The fourth-order valence-corrected chi connectivity index (χ4v) is 1.13. The first-order chi connectivity index (χ1) is 5.88. The molecule has 2 aromatic rings. The number of rotatable bonds is 1. The minimum Gasteiger partial charge on any atom is -0.290 e. The molecule has 0 saturated carbocycles. The molecule has 0 aliphatic rings. The summed E-state index contributed by atoms with van der Waals surface area (Å²) in [6.07, 6.45) is 7.15. The third kappa shape index (κ3) is 1.09. The van der Waals surface area contributed by atoms with Crippen molar-refractivity contribution >= 4 is 0 Å². The van der Waals surface area contributed by atoms with Gasteiger partial charge < -0.3 is 0 Å². The first-order valence-corrected chi connectivity index (χ1v) is 3.78. The summed E-state index contributed by atoms with van der Waals surface area (Å²) < 4.78 is 1.90. The average Bonchev–Trinajstić information content (AvgIpc) is 2.57. The third-order valence-electron chi connectivity index (χ3n) is 1.73. The smallest absolute Gasteiger partial charge is 0.140 e. The Balaban J connectivity index is 2.55. The van der Waals surface area contributed by atoms with E-state index in [-0.39, 0.29) is 0 Å². The Kier molecular flexibility index (Phi) is 1.63. The van der Waals surface area contributed by atoms with Crippen LogP contribution in [-0.4, -0.2) is 14.5 Å². The fraction of sp³-hybridized carbons (Fsp3) is 0.111. The highest BCUT2D eigenvalue weighted by atomic mass is 15.1. The molecular weight excluding hydrogens is 150 g/mol. The molecular formula is C9H9N3. The molecule has 12 heavy (non-hydrogen) atoms. The molecule has 2 rings (SSSR count). The van der Waals surface area contributed by atoms with Gasteiger partial charge in [-0.1, -0.05) is 6.07 Å². The monoisotopic (exact) mass is 159 g/mol. The van der Waals surface area contributed by atoms with Gasteiger partial charge in [0.2, 0.25) is 0 Å². The van der Waals surface area contributed by atoms with Gasteiger partial charge >= 0.3 is 0 Å². The second kappa shape index (κ2) is 2.77. The quantitative estimate of drug-likeness (QED) is 0.632. The number of hydrogen-bond acceptors (Lipinski definition) is 2. The van der Waals surface area contributed by atoms with Crippen molar-refractivity contribution < 1.29 is 0 Å². The van der Waals surface area contributed by atoms with Crippen molar-refractivity contribution in [3.63, 3.8) is 0 Å². The average molecular weight is 159 g/mol. The summed E-state index contributed by atoms with van der Waals surface area (Å²) >= 11 is 0. The van der Waals surface area contributed by atoms with Crippen LogP contribution in [0.5, 0.6) is 0 Å². The van der Waals surface area contributed by atoms with Crippen LogP contribution >= 0.6 is 0 Å². The normalized spacial score (nSPS) is 10.1. The molecule has 0 spiro atoms. The van der Waals surface area contributed by atoms with Crippen molar-refractivity contribution in [3.05, 3.63) is 42.6 Å². The minimum atomic E-state index is 0.940. The lowest BCUT2D eigenvalue weighted by atomic mass is 10.3. The molecule has 0 aliphatic carbocycles. The van der Waals surface area contributed by atoms with E-state index < -0.39 is 0 Å². The van der Waals surface area contributed by atoms with Gasteiger partial charge in [0, 0.05) is 18.6 Å². The maximum atomic E-state index is 4.24. The number of aryl methyl sites for hydroxylation is 1. The molecule has 3 heteroatoms. The Morgan fingerprint density at radius 2 is 2.25 bits per heavy atom. The summed E-state index contributed by atoms with van der Waals surface area (Å²) in [5.74, 6) is 0.940. The van der Waals surface area contributed by atoms with Crippen LogP contribution in [0.25, 0.3) is 5.82 Å². The summed E-state index contributed by atoms with van der Waals surface area (Å²) in [6, 6.07) is 3.96. The molecule has 0 N–H and O–H groups in total. The molecule has 0 bridgehead atoms. The van der Waals surface area contributed by atoms with Crippen LogP contribution in [-0.2, 0) is 0 Å². The second-order valence-electron chi connectivity index (χ2n) is 2.61. The van der Waals surface area contributed by atoms with Gasteiger partial charge in [0.25, 0.3) is 0 Å². The van der Waals surface area contributed by atoms with E-state index in [4.69, 9.17) is 0 Å². The summed E-state index contributed by atoms with van der Waals surface area (Å²) in [5.41, 5.74) is 1.15. The van der Waals surface area contributed by atoms with Crippen molar-refractivity contribution in [2.75, 3.05) is 0 Å². The van der Waals surface area contributed by atoms with Crippen LogP contribution in [0.15, 0.2) is 37.1 Å². The molecule has 60 valence electrons. The maximum absolute atomic E-state index is 4.24. The molecule has 0 saturated heterocycles. The molecule has 0 atom stereocenters. The van der Waals surface area contributed by atoms with E-state index in [9.17, 15) is 0 Å². The van der Waals surface area contributed by atoms with E-state index in [1.54, 1.807) is 18.7 Å². The zero-order chi connectivity index (χ0) is 8.39. The third-order valence-corrected chi connectivity index (χ3v) is 1.73. The molecule has 2 heterocycles. The van der Waals surface area contributed by atoms with Crippen LogP contribution in [0, 0.1) is 6.92 Å². The van der Waals surface area contributed by atoms with Gasteiger partial charge in [-0.25, -0.2) is 9.97 Å². The molecule has 2 aromatic heterocycles. The van der Waals surface area contributed by atoms with Crippen LogP contribution < -0.4 is 0 Å². The van der Waals surface area contributed by atoms with Gasteiger partial charge in [0.15, 0.2) is 0 Å². The Hall–Kier alpha value is -1.64. The molecule has 0 aliphatic heterocycles. The molecule has 0 fully saturated rings. The number of imidazole rings is 1. The van der Waals surface area contributed by atoms with Crippen molar-refractivity contribution in [1.82, 2.24) is 14.5 Å². The Labute approximate surface area is 70.7 Å². The maximum Gasteiger partial charge on any atom is 0.140 e. The highest BCUT2D eigenvalue weighted by Crippen LogP contribution is 2.07. The predicted octanol–water partition coefficient (Wildman–Crippen LogP) is 1.58. The first-order valence-electron chi connectivity index (χ1n) is 3.78. The van der Waals surface area contributed by atoms with Gasteiger partial charge in [-0.15, -0.1) is 0 Å². The molecule has 0 radical (unpaired) electrons. The van der Waals surface area contributed by atoms with E-state index in [2.05, 4.69) is 9.97 Å². The lowest BCUT2D eigenvalue weighted by Crippen LogP contribution is -1.96. The van der Waals surface area contributed by atoms with E-state index >= 15 is 0 Å². The predicted molar refractivity (Wildman–Crippen MR) is 46.1 cm³/mol. The number of hydrogen-bond donors (Lipinski definition) is 0. The highest BCUT2D eigenvalue weighted by Gasteiger charge is 1.98. The van der Waals surface area contributed by atoms with E-state index in [1.165, 1.54) is 0 Å². The lowest BCUT2D eigenvalue weighted by molar-refractivity contribution is 0.975. The number of aromatic nitrogens is 3. The van der Waals surface area contributed by atoms with Gasteiger partial charge in [0.1, 0.15) is 12.1 Å². The van der Waals surface area contributed by atoms with Gasteiger partial charge in [-0.3, -0.25) is 4.57 Å². The topological polar surface area (TPSA) is 30.7 Å². The summed E-state index contributed by atoms with van der Waals surface area (Å²) in [5, 5.41) is 0. The first kappa shape index (κ1) is 7.03. The molecule has 0 unspecified atom stereocenters. The van der Waals surface area contributed by atoms with Gasteiger partial charge in [-0.05, 0) is 18.6 Å². The largest absolute Gasteiger partial charge is 0.290 e. The van der Waals surface area contributed by atoms with Crippen molar-refractivity contribution in [2.24, 2.45) is 0 Å². The van der Waals surface area contributed by atoms with E-state index in [0.29, 0.717) is 0 Å². The number of pyridine rings is 1. The molecule has 3 nitrogen and oxygen atoms in total. The van der Waals surface area contributed by atoms with Crippen molar-refractivity contribution in [1.29, 1.82) is 0 Å².